The summed E-state index contributed by atoms with van der Waals surface area (Å²) in [5.41, 5.74) is 6.45. The van der Waals surface area contributed by atoms with E-state index >= 15 is 0 Å². The number of ether oxygens (including phenoxy) is 1. The molecule has 2 N–H and O–H groups in total. The SMILES string of the molecule is NC(=O)C(OC(=O)Cc1ccc(S(=O)(=O)N2CCCCC2)cc1)c1ccccc1. The first-order valence-corrected chi connectivity index (χ1v) is 10.9. The molecule has 1 aliphatic rings. The van der Waals surface area contributed by atoms with E-state index in [0.717, 1.165) is 19.3 Å². The Kier molecular flexibility index (Phi) is 6.66. The molecule has 3 rings (SSSR count). The predicted molar refractivity (Wildman–Crippen MR) is 107 cm³/mol. The van der Waals surface area contributed by atoms with Crippen LogP contribution in [0.4, 0.5) is 0 Å². The number of hydrogen-bond acceptors (Lipinski definition) is 5. The number of amides is 1. The number of carbonyl (C=O) groups is 2. The van der Waals surface area contributed by atoms with Crippen molar-refractivity contribution < 1.29 is 22.7 Å². The van der Waals surface area contributed by atoms with E-state index in [1.807, 2.05) is 0 Å². The maximum atomic E-state index is 12.7. The zero-order valence-corrected chi connectivity index (χ0v) is 16.8. The molecule has 0 aromatic heterocycles. The van der Waals surface area contributed by atoms with E-state index in [9.17, 15) is 18.0 Å². The van der Waals surface area contributed by atoms with E-state index in [1.165, 1.54) is 16.4 Å². The van der Waals surface area contributed by atoms with Gasteiger partial charge in [0.2, 0.25) is 16.1 Å². The summed E-state index contributed by atoms with van der Waals surface area (Å²) in [6.45, 7) is 1.06. The van der Waals surface area contributed by atoms with Crippen LogP contribution in [-0.2, 0) is 30.8 Å². The van der Waals surface area contributed by atoms with Gasteiger partial charge in [0.1, 0.15) is 0 Å². The van der Waals surface area contributed by atoms with Crippen molar-refractivity contribution in [1.82, 2.24) is 4.31 Å². The van der Waals surface area contributed by atoms with Crippen LogP contribution in [0.25, 0.3) is 0 Å². The van der Waals surface area contributed by atoms with E-state index in [-0.39, 0.29) is 11.3 Å². The molecule has 1 amide bonds. The fraction of sp³-hybridized carbons (Fsp3) is 0.333. The van der Waals surface area contributed by atoms with Gasteiger partial charge in [-0.25, -0.2) is 8.42 Å². The topological polar surface area (TPSA) is 107 Å². The third kappa shape index (κ3) is 5.21. The van der Waals surface area contributed by atoms with Crippen LogP contribution < -0.4 is 5.73 Å². The van der Waals surface area contributed by atoms with Gasteiger partial charge in [-0.3, -0.25) is 9.59 Å². The monoisotopic (exact) mass is 416 g/mol. The maximum Gasteiger partial charge on any atom is 0.311 e. The minimum atomic E-state index is -3.52. The number of esters is 1. The van der Waals surface area contributed by atoms with Crippen LogP contribution in [0.15, 0.2) is 59.5 Å². The van der Waals surface area contributed by atoms with E-state index in [4.69, 9.17) is 10.5 Å². The highest BCUT2D eigenvalue weighted by Crippen LogP contribution is 2.22. The van der Waals surface area contributed by atoms with Gasteiger partial charge in [0, 0.05) is 18.7 Å². The average molecular weight is 416 g/mol. The largest absolute Gasteiger partial charge is 0.447 e. The molecule has 1 aliphatic heterocycles. The number of carbonyl (C=O) groups excluding carboxylic acids is 2. The van der Waals surface area contributed by atoms with E-state index in [1.54, 1.807) is 42.5 Å². The molecule has 8 heteroatoms. The molecule has 1 fully saturated rings. The molecule has 29 heavy (non-hydrogen) atoms. The summed E-state index contributed by atoms with van der Waals surface area (Å²) in [5.74, 6) is -1.38. The third-order valence-corrected chi connectivity index (χ3v) is 6.75. The first-order valence-electron chi connectivity index (χ1n) is 9.51. The number of primary amides is 1. The van der Waals surface area contributed by atoms with Crippen molar-refractivity contribution in [3.8, 4) is 0 Å². The number of nitrogens with zero attached hydrogens (tertiary/aromatic N) is 1. The van der Waals surface area contributed by atoms with Crippen molar-refractivity contribution in [2.75, 3.05) is 13.1 Å². The van der Waals surface area contributed by atoms with Crippen molar-refractivity contribution in [2.24, 2.45) is 5.73 Å². The van der Waals surface area contributed by atoms with Crippen molar-refractivity contribution in [3.05, 3.63) is 65.7 Å². The van der Waals surface area contributed by atoms with Crippen molar-refractivity contribution >= 4 is 21.9 Å². The number of nitrogens with two attached hydrogens (primary N) is 1. The highest BCUT2D eigenvalue weighted by Gasteiger charge is 2.26. The van der Waals surface area contributed by atoms with Gasteiger partial charge < -0.3 is 10.5 Å². The Bertz CT molecular complexity index is 952. The Labute approximate surface area is 170 Å². The van der Waals surface area contributed by atoms with Crippen LogP contribution in [0.5, 0.6) is 0 Å². The molecule has 0 spiro atoms. The molecule has 0 radical (unpaired) electrons. The van der Waals surface area contributed by atoms with Gasteiger partial charge >= 0.3 is 5.97 Å². The Morgan fingerprint density at radius 1 is 0.966 bits per heavy atom. The predicted octanol–water partition coefficient (Wildman–Crippen LogP) is 2.17. The van der Waals surface area contributed by atoms with E-state index < -0.39 is 28.0 Å². The maximum absolute atomic E-state index is 12.7. The molecule has 1 atom stereocenters. The molecule has 154 valence electrons. The average Bonchev–Trinajstić information content (AvgIpc) is 2.73. The first-order chi connectivity index (χ1) is 13.9. The Morgan fingerprint density at radius 3 is 2.17 bits per heavy atom. The summed E-state index contributed by atoms with van der Waals surface area (Å²) >= 11 is 0. The Balaban J connectivity index is 1.66. The number of sulfonamides is 1. The minimum absolute atomic E-state index is 0.0966. The van der Waals surface area contributed by atoms with Crippen LogP contribution in [0.1, 0.15) is 36.5 Å². The first kappa shape index (κ1) is 21.0. The number of piperidine rings is 1. The number of benzene rings is 2. The molecule has 0 saturated carbocycles. The second kappa shape index (κ2) is 9.19. The van der Waals surface area contributed by atoms with Crippen LogP contribution in [0, 0.1) is 0 Å². The van der Waals surface area contributed by atoms with Gasteiger partial charge in [-0.15, -0.1) is 0 Å². The smallest absolute Gasteiger partial charge is 0.311 e. The normalized spacial score (nSPS) is 16.1. The van der Waals surface area contributed by atoms with Crippen molar-refractivity contribution in [2.45, 2.75) is 36.7 Å². The van der Waals surface area contributed by atoms with Gasteiger partial charge in [0.05, 0.1) is 11.3 Å². The van der Waals surface area contributed by atoms with Crippen molar-refractivity contribution in [3.63, 3.8) is 0 Å². The standard InChI is InChI=1S/C21H24N2O5S/c22-21(25)20(17-7-3-1-4-8-17)28-19(24)15-16-9-11-18(12-10-16)29(26,27)23-13-5-2-6-14-23/h1,3-4,7-12,20H,2,5-6,13-15H2,(H2,22,25). The summed E-state index contributed by atoms with van der Waals surface area (Å²) in [4.78, 5) is 24.1. The van der Waals surface area contributed by atoms with Gasteiger partial charge in [-0.05, 0) is 30.5 Å². The molecule has 2 aromatic carbocycles. The van der Waals surface area contributed by atoms with Gasteiger partial charge in [0.25, 0.3) is 5.91 Å². The lowest BCUT2D eigenvalue weighted by Gasteiger charge is -2.25. The second-order valence-electron chi connectivity index (χ2n) is 6.97. The zero-order valence-electron chi connectivity index (χ0n) is 16.0. The summed E-state index contributed by atoms with van der Waals surface area (Å²) < 4.78 is 32.1. The molecular formula is C21H24N2O5S. The fourth-order valence-corrected chi connectivity index (χ4v) is 4.81. The third-order valence-electron chi connectivity index (χ3n) is 4.83. The molecule has 0 aliphatic carbocycles. The minimum Gasteiger partial charge on any atom is -0.447 e. The van der Waals surface area contributed by atoms with E-state index in [0.29, 0.717) is 24.2 Å². The van der Waals surface area contributed by atoms with Crippen LogP contribution >= 0.6 is 0 Å². The molecule has 2 aromatic rings. The van der Waals surface area contributed by atoms with Crippen LogP contribution in [0.2, 0.25) is 0 Å². The molecule has 7 nitrogen and oxygen atoms in total. The summed E-state index contributed by atoms with van der Waals surface area (Å²) in [7, 11) is -3.52. The number of hydrogen-bond donors (Lipinski definition) is 1. The van der Waals surface area contributed by atoms with Crippen LogP contribution in [0.3, 0.4) is 0 Å². The number of rotatable bonds is 7. The molecule has 1 saturated heterocycles. The lowest BCUT2D eigenvalue weighted by atomic mass is 10.1. The lowest BCUT2D eigenvalue weighted by molar-refractivity contribution is -0.154. The summed E-state index contributed by atoms with van der Waals surface area (Å²) in [5, 5.41) is 0. The highest BCUT2D eigenvalue weighted by atomic mass is 32.2. The molecule has 1 unspecified atom stereocenters. The van der Waals surface area contributed by atoms with Gasteiger partial charge in [-0.1, -0.05) is 48.9 Å². The second-order valence-corrected chi connectivity index (χ2v) is 8.91. The molecule has 1 heterocycles. The Hall–Kier alpha value is -2.71. The Morgan fingerprint density at radius 2 is 1.59 bits per heavy atom. The van der Waals surface area contributed by atoms with Crippen molar-refractivity contribution in [1.29, 1.82) is 0 Å². The van der Waals surface area contributed by atoms with Crippen LogP contribution in [-0.4, -0.2) is 37.7 Å². The fourth-order valence-electron chi connectivity index (χ4n) is 3.29. The zero-order chi connectivity index (χ0) is 20.9. The lowest BCUT2D eigenvalue weighted by Crippen LogP contribution is -2.35. The molecular weight excluding hydrogens is 392 g/mol. The quantitative estimate of drug-likeness (QED) is 0.696. The summed E-state index contributed by atoms with van der Waals surface area (Å²) in [6, 6.07) is 14.7. The highest BCUT2D eigenvalue weighted by molar-refractivity contribution is 7.89. The van der Waals surface area contributed by atoms with Gasteiger partial charge in [-0.2, -0.15) is 4.31 Å². The summed E-state index contributed by atoms with van der Waals surface area (Å²) in [6.07, 6.45) is 1.52. The van der Waals surface area contributed by atoms with E-state index in [2.05, 4.69) is 0 Å². The van der Waals surface area contributed by atoms with Gasteiger partial charge in [0.15, 0.2) is 0 Å². The molecule has 0 bridgehead atoms.